The molecule has 0 aliphatic rings. The van der Waals surface area contributed by atoms with E-state index in [0.29, 0.717) is 16.3 Å². The zero-order valence-corrected chi connectivity index (χ0v) is 9.96. The number of nitrogens with zero attached hydrogens (tertiary/aromatic N) is 2. The highest BCUT2D eigenvalue weighted by Gasteiger charge is 2.11. The fraction of sp³-hybridized carbons (Fsp3) is 0.0833. The minimum absolute atomic E-state index is 0.0208. The third-order valence-corrected chi connectivity index (χ3v) is 2.37. The first-order valence-corrected chi connectivity index (χ1v) is 5.45. The van der Waals surface area contributed by atoms with E-state index >= 15 is 0 Å². The normalized spacial score (nSPS) is 10.1. The summed E-state index contributed by atoms with van der Waals surface area (Å²) < 4.78 is 5.41. The van der Waals surface area contributed by atoms with Crippen LogP contribution >= 0.6 is 11.6 Å². The number of pyridine rings is 2. The topological polar surface area (TPSA) is 72.3 Å². The maximum absolute atomic E-state index is 10.9. The average Bonchev–Trinajstić information content (AvgIpc) is 2.37. The molecule has 2 aromatic rings. The van der Waals surface area contributed by atoms with Crippen LogP contribution in [-0.2, 0) is 6.61 Å². The number of rotatable bonds is 4. The van der Waals surface area contributed by atoms with Crippen molar-refractivity contribution >= 4 is 17.6 Å². The number of hydrogen-bond donors (Lipinski definition) is 1. The summed E-state index contributed by atoms with van der Waals surface area (Å²) >= 11 is 5.76. The van der Waals surface area contributed by atoms with Gasteiger partial charge in [0.25, 0.3) is 0 Å². The molecule has 0 saturated heterocycles. The Morgan fingerprint density at radius 2 is 2.28 bits per heavy atom. The number of aromatic carboxylic acids is 1. The molecule has 2 aromatic heterocycles. The monoisotopic (exact) mass is 264 g/mol. The molecule has 2 heterocycles. The van der Waals surface area contributed by atoms with E-state index < -0.39 is 5.97 Å². The predicted octanol–water partition coefficient (Wildman–Crippen LogP) is 2.41. The minimum atomic E-state index is -1.08. The van der Waals surface area contributed by atoms with E-state index in [1.807, 2.05) is 0 Å². The first kappa shape index (κ1) is 12.3. The highest BCUT2D eigenvalue weighted by Crippen LogP contribution is 2.17. The van der Waals surface area contributed by atoms with E-state index in [-0.39, 0.29) is 12.3 Å². The highest BCUT2D eigenvalue weighted by molar-refractivity contribution is 6.30. The molecule has 0 radical (unpaired) electrons. The third-order valence-electron chi connectivity index (χ3n) is 2.17. The van der Waals surface area contributed by atoms with Crippen LogP contribution < -0.4 is 4.74 Å². The molecule has 0 unspecified atom stereocenters. The van der Waals surface area contributed by atoms with Crippen molar-refractivity contribution in [3.63, 3.8) is 0 Å². The van der Waals surface area contributed by atoms with Gasteiger partial charge < -0.3 is 9.84 Å². The Morgan fingerprint density at radius 3 is 3.00 bits per heavy atom. The van der Waals surface area contributed by atoms with Crippen molar-refractivity contribution in [3.8, 4) is 5.75 Å². The van der Waals surface area contributed by atoms with Crippen molar-refractivity contribution < 1.29 is 14.6 Å². The Morgan fingerprint density at radius 1 is 1.44 bits per heavy atom. The summed E-state index contributed by atoms with van der Waals surface area (Å²) in [7, 11) is 0. The van der Waals surface area contributed by atoms with Crippen LogP contribution in [-0.4, -0.2) is 21.0 Å². The molecule has 0 saturated carbocycles. The van der Waals surface area contributed by atoms with E-state index in [1.165, 1.54) is 18.6 Å². The first-order chi connectivity index (χ1) is 8.66. The van der Waals surface area contributed by atoms with Crippen LogP contribution in [0.4, 0.5) is 0 Å². The highest BCUT2D eigenvalue weighted by atomic mass is 35.5. The Labute approximate surface area is 108 Å². The van der Waals surface area contributed by atoms with Crippen molar-refractivity contribution in [2.24, 2.45) is 0 Å². The first-order valence-electron chi connectivity index (χ1n) is 5.07. The molecule has 2 rings (SSSR count). The molecular formula is C12H9ClN2O3. The van der Waals surface area contributed by atoms with Gasteiger partial charge in [-0.3, -0.25) is 4.98 Å². The number of ether oxygens (including phenoxy) is 1. The van der Waals surface area contributed by atoms with Crippen LogP contribution in [0.1, 0.15) is 16.1 Å². The van der Waals surface area contributed by atoms with E-state index in [0.717, 1.165) is 0 Å². The average molecular weight is 265 g/mol. The number of halogens is 1. The maximum atomic E-state index is 10.9. The van der Waals surface area contributed by atoms with Crippen molar-refractivity contribution in [2.45, 2.75) is 6.61 Å². The van der Waals surface area contributed by atoms with Gasteiger partial charge in [-0.15, -0.1) is 0 Å². The predicted molar refractivity (Wildman–Crippen MR) is 64.8 cm³/mol. The van der Waals surface area contributed by atoms with Gasteiger partial charge >= 0.3 is 5.97 Å². The van der Waals surface area contributed by atoms with E-state index in [9.17, 15) is 4.79 Å². The second-order valence-corrected chi connectivity index (χ2v) is 3.88. The Kier molecular flexibility index (Phi) is 3.74. The van der Waals surface area contributed by atoms with E-state index in [2.05, 4.69) is 9.97 Å². The maximum Gasteiger partial charge on any atom is 0.354 e. The van der Waals surface area contributed by atoms with Gasteiger partial charge in [-0.2, -0.15) is 0 Å². The zero-order valence-electron chi connectivity index (χ0n) is 9.21. The molecule has 92 valence electrons. The quantitative estimate of drug-likeness (QED) is 0.918. The summed E-state index contributed by atoms with van der Waals surface area (Å²) in [6.07, 6.45) is 4.41. The van der Waals surface area contributed by atoms with Crippen LogP contribution in [0.15, 0.2) is 36.8 Å². The summed E-state index contributed by atoms with van der Waals surface area (Å²) in [5, 5.41) is 9.41. The smallest absolute Gasteiger partial charge is 0.354 e. The van der Waals surface area contributed by atoms with Crippen LogP contribution in [0.3, 0.4) is 0 Å². The van der Waals surface area contributed by atoms with Gasteiger partial charge in [0.05, 0.1) is 11.2 Å². The van der Waals surface area contributed by atoms with Gasteiger partial charge in [0.15, 0.2) is 5.69 Å². The fourth-order valence-corrected chi connectivity index (χ4v) is 1.54. The lowest BCUT2D eigenvalue weighted by Crippen LogP contribution is -2.07. The summed E-state index contributed by atoms with van der Waals surface area (Å²) in [6, 6.07) is 4.90. The number of carbonyl (C=O) groups is 1. The van der Waals surface area contributed by atoms with Gasteiger partial charge in [0, 0.05) is 24.0 Å². The van der Waals surface area contributed by atoms with Gasteiger partial charge in [0.1, 0.15) is 12.4 Å². The Hall–Kier alpha value is -2.14. The number of carboxylic acid groups (broad SMARTS) is 1. The minimum Gasteiger partial charge on any atom is -0.487 e. The summed E-state index contributed by atoms with van der Waals surface area (Å²) in [5.41, 5.74) is 0.470. The molecule has 0 bridgehead atoms. The lowest BCUT2D eigenvalue weighted by atomic mass is 10.2. The lowest BCUT2D eigenvalue weighted by molar-refractivity contribution is 0.0687. The van der Waals surface area contributed by atoms with Gasteiger partial charge in [-0.1, -0.05) is 17.7 Å². The molecule has 5 nitrogen and oxygen atoms in total. The number of hydrogen-bond acceptors (Lipinski definition) is 4. The van der Waals surface area contributed by atoms with Crippen molar-refractivity contribution in [1.82, 2.24) is 9.97 Å². The van der Waals surface area contributed by atoms with Crippen LogP contribution in [0, 0.1) is 0 Å². The summed E-state index contributed by atoms with van der Waals surface area (Å²) in [4.78, 5) is 18.6. The molecule has 0 atom stereocenters. The van der Waals surface area contributed by atoms with Crippen LogP contribution in [0.2, 0.25) is 5.02 Å². The largest absolute Gasteiger partial charge is 0.487 e. The van der Waals surface area contributed by atoms with Gasteiger partial charge in [0.2, 0.25) is 0 Å². The van der Waals surface area contributed by atoms with Gasteiger partial charge in [-0.25, -0.2) is 9.78 Å². The molecular weight excluding hydrogens is 256 g/mol. The van der Waals surface area contributed by atoms with Crippen molar-refractivity contribution in [1.29, 1.82) is 0 Å². The molecule has 0 spiro atoms. The number of carboxylic acids is 1. The second-order valence-electron chi connectivity index (χ2n) is 3.44. The molecule has 18 heavy (non-hydrogen) atoms. The summed E-state index contributed by atoms with van der Waals surface area (Å²) in [6.45, 7) is 0.0947. The Bertz CT molecular complexity index is 575. The standard InChI is InChI=1S/C12H9ClN2O3/c13-9-4-10(6-14-5-9)18-7-8-2-1-3-15-11(8)12(16)17/h1-6H,7H2,(H,16,17). The molecule has 1 N–H and O–H groups in total. The number of aromatic nitrogens is 2. The van der Waals surface area contributed by atoms with Crippen LogP contribution in [0.25, 0.3) is 0 Å². The Balaban J connectivity index is 2.13. The third kappa shape index (κ3) is 2.95. The van der Waals surface area contributed by atoms with Crippen molar-refractivity contribution in [3.05, 3.63) is 53.1 Å². The molecule has 0 aromatic carbocycles. The van der Waals surface area contributed by atoms with E-state index in [4.69, 9.17) is 21.4 Å². The van der Waals surface area contributed by atoms with Crippen molar-refractivity contribution in [2.75, 3.05) is 0 Å². The summed E-state index contributed by atoms with van der Waals surface area (Å²) in [5.74, 6) is -0.610. The van der Waals surface area contributed by atoms with E-state index in [1.54, 1.807) is 18.2 Å². The molecule has 0 fully saturated rings. The zero-order chi connectivity index (χ0) is 13.0. The second kappa shape index (κ2) is 5.46. The molecule has 0 aliphatic heterocycles. The molecule has 0 aliphatic carbocycles. The SMILES string of the molecule is O=C(O)c1ncccc1COc1cncc(Cl)c1. The molecule has 0 amide bonds. The lowest BCUT2D eigenvalue weighted by Gasteiger charge is -2.07. The van der Waals surface area contributed by atoms with Crippen LogP contribution in [0.5, 0.6) is 5.75 Å². The fourth-order valence-electron chi connectivity index (χ4n) is 1.38. The molecule has 6 heteroatoms. The van der Waals surface area contributed by atoms with Gasteiger partial charge in [-0.05, 0) is 6.07 Å².